The zero-order chi connectivity index (χ0) is 20.2. The van der Waals surface area contributed by atoms with Crippen LogP contribution in [0.3, 0.4) is 0 Å². The van der Waals surface area contributed by atoms with Crippen LogP contribution in [0.15, 0.2) is 18.2 Å². The van der Waals surface area contributed by atoms with Crippen LogP contribution >= 0.6 is 0 Å². The Morgan fingerprint density at radius 1 is 1.30 bits per heavy atom. The second-order valence-corrected chi connectivity index (χ2v) is 9.49. The molecule has 1 atom stereocenters. The van der Waals surface area contributed by atoms with Crippen molar-refractivity contribution in [2.75, 3.05) is 31.8 Å². The van der Waals surface area contributed by atoms with Crippen LogP contribution < -0.4 is 4.74 Å². The number of nitrogens with zero attached hydrogens (tertiary/aromatic N) is 1. The van der Waals surface area contributed by atoms with Crippen LogP contribution in [0.5, 0.6) is 5.75 Å². The van der Waals surface area contributed by atoms with Crippen molar-refractivity contribution in [1.29, 1.82) is 0 Å². The number of carbonyl (C=O) groups excluding carboxylic acids is 2. The van der Waals surface area contributed by atoms with Gasteiger partial charge in [0.05, 0.1) is 24.2 Å². The first kappa shape index (κ1) is 21.2. The maximum absolute atomic E-state index is 12.6. The highest BCUT2D eigenvalue weighted by Crippen LogP contribution is 2.21. The third-order valence-electron chi connectivity index (χ3n) is 4.50. The summed E-state index contributed by atoms with van der Waals surface area (Å²) in [5.74, 6) is -0.206. The van der Waals surface area contributed by atoms with Crippen LogP contribution in [0.25, 0.3) is 0 Å². The van der Waals surface area contributed by atoms with E-state index >= 15 is 0 Å². The van der Waals surface area contributed by atoms with Gasteiger partial charge in [-0.25, -0.2) is 13.2 Å². The summed E-state index contributed by atoms with van der Waals surface area (Å²) >= 11 is 0. The van der Waals surface area contributed by atoms with Gasteiger partial charge in [0.15, 0.2) is 16.4 Å². The average molecular weight is 397 g/mol. The molecule has 150 valence electrons. The van der Waals surface area contributed by atoms with E-state index in [2.05, 4.69) is 0 Å². The number of benzene rings is 1. The molecule has 1 fully saturated rings. The third kappa shape index (κ3) is 5.69. The molecule has 1 aliphatic rings. The van der Waals surface area contributed by atoms with E-state index < -0.39 is 22.4 Å². The number of hydrogen-bond donors (Lipinski definition) is 0. The summed E-state index contributed by atoms with van der Waals surface area (Å²) in [4.78, 5) is 26.4. The number of carbonyl (C=O) groups is 2. The summed E-state index contributed by atoms with van der Waals surface area (Å²) in [5, 5.41) is 0. The molecule has 8 heteroatoms. The summed E-state index contributed by atoms with van der Waals surface area (Å²) in [6.45, 7) is 5.77. The van der Waals surface area contributed by atoms with Gasteiger partial charge in [-0.2, -0.15) is 0 Å². The van der Waals surface area contributed by atoms with E-state index in [1.165, 1.54) is 12.0 Å². The number of methoxy groups -OCH3 is 1. The lowest BCUT2D eigenvalue weighted by Gasteiger charge is -2.29. The van der Waals surface area contributed by atoms with Crippen molar-refractivity contribution < 1.29 is 27.5 Å². The van der Waals surface area contributed by atoms with E-state index in [1.54, 1.807) is 18.2 Å². The summed E-state index contributed by atoms with van der Waals surface area (Å²) in [5.41, 5.74) is 1.18. The fourth-order valence-electron chi connectivity index (χ4n) is 3.11. The molecular weight excluding hydrogens is 370 g/mol. The minimum Gasteiger partial charge on any atom is -0.496 e. The van der Waals surface area contributed by atoms with Crippen molar-refractivity contribution in [3.63, 3.8) is 0 Å². The molecule has 1 aliphatic heterocycles. The Kier molecular flexibility index (Phi) is 6.86. The van der Waals surface area contributed by atoms with Crippen LogP contribution in [0.2, 0.25) is 0 Å². The molecule has 7 nitrogen and oxygen atoms in total. The molecule has 0 spiro atoms. The Morgan fingerprint density at radius 3 is 2.56 bits per heavy atom. The minimum absolute atomic E-state index is 0.0332. The molecule has 1 aromatic carbocycles. The fraction of sp³-hybridized carbons (Fsp3) is 0.579. The maximum Gasteiger partial charge on any atom is 0.338 e. The number of aryl methyl sites for hydroxylation is 1. The van der Waals surface area contributed by atoms with Crippen molar-refractivity contribution in [2.45, 2.75) is 33.2 Å². The van der Waals surface area contributed by atoms with Gasteiger partial charge < -0.3 is 14.4 Å². The molecule has 1 amide bonds. The average Bonchev–Trinajstić information content (AvgIpc) is 2.97. The zero-order valence-electron chi connectivity index (χ0n) is 16.2. The van der Waals surface area contributed by atoms with Crippen molar-refractivity contribution in [3.05, 3.63) is 29.3 Å². The number of hydrogen-bond acceptors (Lipinski definition) is 6. The lowest BCUT2D eigenvalue weighted by Crippen LogP contribution is -2.45. The van der Waals surface area contributed by atoms with Crippen molar-refractivity contribution in [1.82, 2.24) is 4.90 Å². The van der Waals surface area contributed by atoms with E-state index in [-0.39, 0.29) is 29.4 Å². The normalized spacial score (nSPS) is 18.3. The molecule has 1 unspecified atom stereocenters. The van der Waals surface area contributed by atoms with Gasteiger partial charge >= 0.3 is 5.97 Å². The molecule has 1 heterocycles. The van der Waals surface area contributed by atoms with E-state index in [0.717, 1.165) is 5.56 Å². The molecule has 0 aromatic heterocycles. The molecule has 2 rings (SSSR count). The Bertz CT molecular complexity index is 802. The first-order valence-corrected chi connectivity index (χ1v) is 10.8. The molecule has 0 N–H and O–H groups in total. The second-order valence-electron chi connectivity index (χ2n) is 7.26. The topological polar surface area (TPSA) is 90.0 Å². The largest absolute Gasteiger partial charge is 0.496 e. The molecule has 27 heavy (non-hydrogen) atoms. The monoisotopic (exact) mass is 397 g/mol. The van der Waals surface area contributed by atoms with Gasteiger partial charge in [-0.1, -0.05) is 19.9 Å². The van der Waals surface area contributed by atoms with Crippen LogP contribution in [-0.2, 0) is 19.4 Å². The fourth-order valence-corrected chi connectivity index (χ4v) is 4.84. The Hall–Kier alpha value is -2.09. The molecule has 0 bridgehead atoms. The van der Waals surface area contributed by atoms with E-state index in [1.807, 2.05) is 20.8 Å². The van der Waals surface area contributed by atoms with Gasteiger partial charge in [-0.3, -0.25) is 4.79 Å². The Balaban J connectivity index is 2.03. The first-order chi connectivity index (χ1) is 12.6. The predicted molar refractivity (Wildman–Crippen MR) is 102 cm³/mol. The Morgan fingerprint density at radius 2 is 2.00 bits per heavy atom. The molecule has 0 aliphatic carbocycles. The lowest BCUT2D eigenvalue weighted by molar-refractivity contribution is -0.137. The highest BCUT2D eigenvalue weighted by molar-refractivity contribution is 7.91. The van der Waals surface area contributed by atoms with Crippen LogP contribution in [-0.4, -0.2) is 63.0 Å². The summed E-state index contributed by atoms with van der Waals surface area (Å²) in [7, 11) is -1.60. The maximum atomic E-state index is 12.6. The van der Waals surface area contributed by atoms with Gasteiger partial charge in [-0.05, 0) is 37.0 Å². The van der Waals surface area contributed by atoms with Gasteiger partial charge in [0.1, 0.15) is 5.75 Å². The smallest absolute Gasteiger partial charge is 0.338 e. The van der Waals surface area contributed by atoms with Crippen molar-refractivity contribution >= 4 is 21.7 Å². The van der Waals surface area contributed by atoms with Crippen molar-refractivity contribution in [3.8, 4) is 5.75 Å². The quantitative estimate of drug-likeness (QED) is 0.652. The zero-order valence-corrected chi connectivity index (χ0v) is 17.0. The van der Waals surface area contributed by atoms with E-state index in [0.29, 0.717) is 24.3 Å². The molecular formula is C19H27NO6S. The van der Waals surface area contributed by atoms with Gasteiger partial charge in [0.25, 0.3) is 5.91 Å². The number of ether oxygens (including phenoxy) is 2. The summed E-state index contributed by atoms with van der Waals surface area (Å²) in [6.07, 6.45) is 0.421. The minimum atomic E-state index is -3.11. The highest BCUT2D eigenvalue weighted by atomic mass is 32.2. The van der Waals surface area contributed by atoms with Crippen LogP contribution in [0.4, 0.5) is 0 Å². The summed E-state index contributed by atoms with van der Waals surface area (Å²) < 4.78 is 33.9. The van der Waals surface area contributed by atoms with Gasteiger partial charge in [-0.15, -0.1) is 0 Å². The summed E-state index contributed by atoms with van der Waals surface area (Å²) in [6, 6.07) is 4.56. The number of rotatable bonds is 7. The molecule has 0 radical (unpaired) electrons. The Labute approximate surface area is 160 Å². The molecule has 0 saturated carbocycles. The standard InChI is InChI=1S/C19H27NO6S/c1-13(2)10-20(16-7-8-27(23,24)12-16)18(21)11-26-19(22)15-6-5-14(3)17(9-15)25-4/h5-6,9,13,16H,7-8,10-12H2,1-4H3. The highest BCUT2D eigenvalue weighted by Gasteiger charge is 2.35. The van der Waals surface area contributed by atoms with Crippen LogP contribution in [0, 0.1) is 12.8 Å². The second kappa shape index (κ2) is 8.73. The van der Waals surface area contributed by atoms with Gasteiger partial charge in [0.2, 0.25) is 0 Å². The first-order valence-electron chi connectivity index (χ1n) is 8.94. The predicted octanol–water partition coefficient (Wildman–Crippen LogP) is 1.83. The lowest BCUT2D eigenvalue weighted by atomic mass is 10.1. The van der Waals surface area contributed by atoms with E-state index in [9.17, 15) is 18.0 Å². The SMILES string of the molecule is COc1cc(C(=O)OCC(=O)N(CC(C)C)C2CCS(=O)(=O)C2)ccc1C. The third-order valence-corrected chi connectivity index (χ3v) is 6.25. The van der Waals surface area contributed by atoms with E-state index in [4.69, 9.17) is 9.47 Å². The van der Waals surface area contributed by atoms with Crippen LogP contribution in [0.1, 0.15) is 36.2 Å². The number of esters is 1. The molecule has 1 aromatic rings. The number of amides is 1. The number of sulfone groups is 1. The van der Waals surface area contributed by atoms with Crippen molar-refractivity contribution in [2.24, 2.45) is 5.92 Å². The molecule has 1 saturated heterocycles. The van der Waals surface area contributed by atoms with Gasteiger partial charge in [0, 0.05) is 12.6 Å².